The van der Waals surface area contributed by atoms with Crippen LogP contribution >= 0.6 is 0 Å². The molecule has 6 nitrogen and oxygen atoms in total. The highest BCUT2D eigenvalue weighted by Gasteiger charge is 2.54. The molecule has 29 heavy (non-hydrogen) atoms. The second-order valence-corrected chi connectivity index (χ2v) is 8.53. The molecule has 1 saturated carbocycles. The summed E-state index contributed by atoms with van der Waals surface area (Å²) in [6.45, 7) is 1.85. The van der Waals surface area contributed by atoms with Gasteiger partial charge in [0.2, 0.25) is 5.91 Å². The number of hydrogen-bond donors (Lipinski definition) is 1. The molecular weight excluding hydrogens is 375 g/mol. The molecule has 3 fully saturated rings. The molecule has 1 aliphatic carbocycles. The van der Waals surface area contributed by atoms with Crippen molar-refractivity contribution in [2.24, 2.45) is 11.8 Å². The van der Waals surface area contributed by atoms with E-state index >= 15 is 0 Å². The first-order chi connectivity index (χ1) is 14.0. The Kier molecular flexibility index (Phi) is 5.67. The number of ketones is 1. The summed E-state index contributed by atoms with van der Waals surface area (Å²) in [6.07, 6.45) is 1.33. The number of fused-ring (bicyclic) bond motifs is 1. The third-order valence-corrected chi connectivity index (χ3v) is 6.53. The predicted molar refractivity (Wildman–Crippen MR) is 104 cm³/mol. The topological polar surface area (TPSA) is 75.7 Å². The van der Waals surface area contributed by atoms with Crippen molar-refractivity contribution in [2.75, 3.05) is 13.2 Å². The minimum Gasteiger partial charge on any atom is -0.365 e. The number of ether oxygens (including phenoxy) is 1. The van der Waals surface area contributed by atoms with Gasteiger partial charge in [0.15, 0.2) is 5.78 Å². The lowest BCUT2D eigenvalue weighted by Crippen LogP contribution is -2.55. The molecule has 0 aromatic heterocycles. The number of carbonyl (C=O) groups is 3. The molecule has 4 rings (SSSR count). The molecule has 1 aromatic rings. The van der Waals surface area contributed by atoms with Crippen LogP contribution in [0.3, 0.4) is 0 Å². The SMILES string of the molecule is CC1CCC(C(NC(=O)c2ccccc2)C(=O)N2C[C@H](F)[C@H]3OCC(=O)[C@H]32)CC1. The van der Waals surface area contributed by atoms with Crippen molar-refractivity contribution in [1.29, 1.82) is 0 Å². The molecule has 156 valence electrons. The first kappa shape index (κ1) is 20.0. The maximum absolute atomic E-state index is 14.4. The molecule has 1 aromatic carbocycles. The van der Waals surface area contributed by atoms with Crippen molar-refractivity contribution in [3.8, 4) is 0 Å². The summed E-state index contributed by atoms with van der Waals surface area (Å²) in [7, 11) is 0. The van der Waals surface area contributed by atoms with Crippen molar-refractivity contribution in [3.05, 3.63) is 35.9 Å². The second kappa shape index (κ2) is 8.22. The van der Waals surface area contributed by atoms with E-state index in [1.165, 1.54) is 4.90 Å². The van der Waals surface area contributed by atoms with Crippen LogP contribution in [0.1, 0.15) is 43.0 Å². The van der Waals surface area contributed by atoms with Gasteiger partial charge in [-0.1, -0.05) is 38.0 Å². The molecule has 0 bridgehead atoms. The van der Waals surface area contributed by atoms with Gasteiger partial charge in [-0.2, -0.15) is 0 Å². The first-order valence-electron chi connectivity index (χ1n) is 10.4. The average Bonchev–Trinajstić information content (AvgIpc) is 3.28. The molecule has 0 spiro atoms. The zero-order chi connectivity index (χ0) is 20.5. The fraction of sp³-hybridized carbons (Fsp3) is 0.591. The van der Waals surface area contributed by atoms with E-state index in [2.05, 4.69) is 12.2 Å². The Morgan fingerprint density at radius 1 is 1.17 bits per heavy atom. The van der Waals surface area contributed by atoms with Crippen LogP contribution in [-0.4, -0.2) is 60.0 Å². The summed E-state index contributed by atoms with van der Waals surface area (Å²) in [5.41, 5.74) is 0.470. The van der Waals surface area contributed by atoms with Gasteiger partial charge in [-0.15, -0.1) is 0 Å². The van der Waals surface area contributed by atoms with Gasteiger partial charge in [0.25, 0.3) is 5.91 Å². The van der Waals surface area contributed by atoms with Crippen LogP contribution < -0.4 is 5.32 Å². The Morgan fingerprint density at radius 2 is 1.86 bits per heavy atom. The molecule has 0 radical (unpaired) electrons. The van der Waals surface area contributed by atoms with Gasteiger partial charge in [0, 0.05) is 5.56 Å². The van der Waals surface area contributed by atoms with Crippen LogP contribution in [-0.2, 0) is 14.3 Å². The predicted octanol–water partition coefficient (Wildman–Crippen LogP) is 2.13. The van der Waals surface area contributed by atoms with Crippen LogP contribution in [0.15, 0.2) is 30.3 Å². The molecule has 2 saturated heterocycles. The summed E-state index contributed by atoms with van der Waals surface area (Å²) in [5, 5.41) is 2.90. The lowest BCUT2D eigenvalue weighted by molar-refractivity contribution is -0.139. The van der Waals surface area contributed by atoms with E-state index in [1.807, 2.05) is 6.07 Å². The Balaban J connectivity index is 1.57. The molecule has 4 atom stereocenters. The van der Waals surface area contributed by atoms with Gasteiger partial charge in [-0.25, -0.2) is 4.39 Å². The fourth-order valence-electron chi connectivity index (χ4n) is 4.82. The van der Waals surface area contributed by atoms with Gasteiger partial charge in [-0.3, -0.25) is 14.4 Å². The number of nitrogens with one attached hydrogen (secondary N) is 1. The highest BCUT2D eigenvalue weighted by Crippen LogP contribution is 2.34. The minimum absolute atomic E-state index is 0.0269. The summed E-state index contributed by atoms with van der Waals surface area (Å²) in [4.78, 5) is 39.8. The summed E-state index contributed by atoms with van der Waals surface area (Å²) in [6, 6.07) is 7.09. The van der Waals surface area contributed by atoms with Crippen LogP contribution in [0.25, 0.3) is 0 Å². The van der Waals surface area contributed by atoms with E-state index in [0.717, 1.165) is 25.7 Å². The minimum atomic E-state index is -1.38. The third kappa shape index (κ3) is 3.92. The second-order valence-electron chi connectivity index (χ2n) is 8.53. The number of hydrogen-bond acceptors (Lipinski definition) is 4. The van der Waals surface area contributed by atoms with E-state index < -0.39 is 24.4 Å². The van der Waals surface area contributed by atoms with E-state index in [4.69, 9.17) is 4.74 Å². The maximum atomic E-state index is 14.4. The lowest BCUT2D eigenvalue weighted by atomic mass is 9.78. The summed E-state index contributed by atoms with van der Waals surface area (Å²) >= 11 is 0. The number of rotatable bonds is 4. The van der Waals surface area contributed by atoms with Crippen LogP contribution in [0.5, 0.6) is 0 Å². The smallest absolute Gasteiger partial charge is 0.251 e. The van der Waals surface area contributed by atoms with E-state index in [1.54, 1.807) is 24.3 Å². The Bertz CT molecular complexity index is 778. The third-order valence-electron chi connectivity index (χ3n) is 6.53. The van der Waals surface area contributed by atoms with Crippen molar-refractivity contribution < 1.29 is 23.5 Å². The molecule has 1 N–H and O–H groups in total. The molecule has 3 aliphatic rings. The Morgan fingerprint density at radius 3 is 2.55 bits per heavy atom. The number of alkyl halides is 1. The largest absolute Gasteiger partial charge is 0.365 e. The molecule has 2 aliphatic heterocycles. The molecule has 1 unspecified atom stereocenters. The van der Waals surface area contributed by atoms with Crippen molar-refractivity contribution >= 4 is 17.6 Å². The number of benzene rings is 1. The van der Waals surface area contributed by atoms with Crippen LogP contribution in [0.4, 0.5) is 4.39 Å². The monoisotopic (exact) mass is 402 g/mol. The van der Waals surface area contributed by atoms with Gasteiger partial charge in [0.1, 0.15) is 31.0 Å². The summed E-state index contributed by atoms with van der Waals surface area (Å²) in [5.74, 6) is -0.412. The van der Waals surface area contributed by atoms with Gasteiger partial charge < -0.3 is 15.0 Å². The van der Waals surface area contributed by atoms with E-state index in [0.29, 0.717) is 11.5 Å². The molecule has 7 heteroatoms. The molecular formula is C22H27FN2O4. The molecule has 2 heterocycles. The lowest BCUT2D eigenvalue weighted by Gasteiger charge is -2.35. The van der Waals surface area contributed by atoms with Gasteiger partial charge in [0.05, 0.1) is 6.54 Å². The number of nitrogens with zero attached hydrogens (tertiary/aromatic N) is 1. The average molecular weight is 402 g/mol. The molecule has 2 amide bonds. The van der Waals surface area contributed by atoms with E-state index in [-0.39, 0.29) is 36.7 Å². The van der Waals surface area contributed by atoms with Gasteiger partial charge in [-0.05, 0) is 36.8 Å². The first-order valence-corrected chi connectivity index (χ1v) is 10.4. The number of Topliss-reactive ketones (excluding diaryl/α,β-unsaturated/α-hetero) is 1. The number of carbonyl (C=O) groups excluding carboxylic acids is 3. The number of likely N-dealkylation sites (tertiary alicyclic amines) is 1. The van der Waals surface area contributed by atoms with Gasteiger partial charge >= 0.3 is 0 Å². The van der Waals surface area contributed by atoms with Crippen LogP contribution in [0, 0.1) is 11.8 Å². The van der Waals surface area contributed by atoms with E-state index in [9.17, 15) is 18.8 Å². The quantitative estimate of drug-likeness (QED) is 0.837. The number of halogens is 1. The maximum Gasteiger partial charge on any atom is 0.251 e. The number of amides is 2. The van der Waals surface area contributed by atoms with Crippen molar-refractivity contribution in [3.63, 3.8) is 0 Å². The Labute approximate surface area is 169 Å². The standard InChI is InChI=1S/C22H27FN2O4/c1-13-7-9-14(10-8-13)18(24-21(27)15-5-3-2-4-6-15)22(28)25-11-16(23)20-19(25)17(26)12-29-20/h2-6,13-14,16,18-20H,7-12H2,1H3,(H,24,27)/t13?,14?,16-,18?,19+,20+/m0/s1. The van der Waals surface area contributed by atoms with Crippen molar-refractivity contribution in [2.45, 2.75) is 57.0 Å². The zero-order valence-corrected chi connectivity index (χ0v) is 16.6. The normalized spacial score (nSPS) is 32.7. The summed E-state index contributed by atoms with van der Waals surface area (Å²) < 4.78 is 19.7. The van der Waals surface area contributed by atoms with Crippen molar-refractivity contribution in [1.82, 2.24) is 10.2 Å². The zero-order valence-electron chi connectivity index (χ0n) is 16.6. The fourth-order valence-corrected chi connectivity index (χ4v) is 4.82. The van der Waals surface area contributed by atoms with Crippen LogP contribution in [0.2, 0.25) is 0 Å². The highest BCUT2D eigenvalue weighted by molar-refractivity contribution is 5.99. The Hall–Kier alpha value is -2.28. The highest BCUT2D eigenvalue weighted by atomic mass is 19.1.